The minimum Gasteiger partial charge on any atom is -0.491 e. The number of nitrogens with one attached hydrogen (secondary N) is 1. The fraction of sp³-hybridized carbons (Fsp3) is 0.412. The zero-order valence-corrected chi connectivity index (χ0v) is 14.1. The fourth-order valence-electron chi connectivity index (χ4n) is 2.32. The number of aryl methyl sites for hydroxylation is 2. The van der Waals surface area contributed by atoms with Crippen molar-refractivity contribution in [2.75, 3.05) is 6.61 Å². The maximum Gasteiger partial charge on any atom is 0.419 e. The van der Waals surface area contributed by atoms with Crippen LogP contribution in [0, 0.1) is 13.8 Å². The van der Waals surface area contributed by atoms with Gasteiger partial charge in [-0.25, -0.2) is 0 Å². The third kappa shape index (κ3) is 4.98. The summed E-state index contributed by atoms with van der Waals surface area (Å²) in [5.74, 6) is 0.0205. The quantitative estimate of drug-likeness (QED) is 0.861. The van der Waals surface area contributed by atoms with Crippen molar-refractivity contribution in [3.05, 3.63) is 46.8 Å². The molecule has 0 aliphatic heterocycles. The first-order chi connectivity index (χ1) is 11.7. The molecule has 0 aliphatic carbocycles. The van der Waals surface area contributed by atoms with Crippen molar-refractivity contribution in [2.45, 2.75) is 39.4 Å². The molecule has 1 aromatic carbocycles. The van der Waals surface area contributed by atoms with E-state index >= 15 is 0 Å². The van der Waals surface area contributed by atoms with Crippen molar-refractivity contribution in [3.63, 3.8) is 0 Å². The first-order valence-corrected chi connectivity index (χ1v) is 7.68. The van der Waals surface area contributed by atoms with Gasteiger partial charge in [-0.15, -0.1) is 0 Å². The minimum atomic E-state index is -4.49. The zero-order chi connectivity index (χ0) is 18.6. The molecule has 5 nitrogen and oxygen atoms in total. The third-order valence-electron chi connectivity index (χ3n) is 3.61. The molecule has 0 bridgehead atoms. The molecule has 2 aromatic rings. The molecule has 2 rings (SSSR count). The van der Waals surface area contributed by atoms with Crippen molar-refractivity contribution in [3.8, 4) is 5.75 Å². The molecule has 0 saturated carbocycles. The van der Waals surface area contributed by atoms with Crippen LogP contribution in [-0.2, 0) is 17.4 Å². The van der Waals surface area contributed by atoms with Crippen molar-refractivity contribution >= 4 is 5.91 Å². The first-order valence-electron chi connectivity index (χ1n) is 7.68. The first kappa shape index (κ1) is 18.8. The van der Waals surface area contributed by atoms with Crippen LogP contribution in [0.25, 0.3) is 0 Å². The molecule has 1 atom stereocenters. The number of rotatable bonds is 6. The van der Waals surface area contributed by atoms with Crippen LogP contribution in [0.3, 0.4) is 0 Å². The molecule has 1 aromatic heterocycles. The van der Waals surface area contributed by atoms with E-state index in [9.17, 15) is 18.0 Å². The van der Waals surface area contributed by atoms with E-state index in [1.165, 1.54) is 18.2 Å². The van der Waals surface area contributed by atoms with Crippen LogP contribution in [0.4, 0.5) is 13.2 Å². The van der Waals surface area contributed by atoms with Gasteiger partial charge in [0.2, 0.25) is 5.91 Å². The van der Waals surface area contributed by atoms with Crippen molar-refractivity contribution in [2.24, 2.45) is 0 Å². The van der Waals surface area contributed by atoms with Crippen LogP contribution in [0.1, 0.15) is 29.5 Å². The second kappa shape index (κ2) is 7.58. The van der Waals surface area contributed by atoms with E-state index in [0.717, 1.165) is 6.07 Å². The summed E-state index contributed by atoms with van der Waals surface area (Å²) >= 11 is 0. The summed E-state index contributed by atoms with van der Waals surface area (Å²) in [6, 6.07) is 4.50. The van der Waals surface area contributed by atoms with Gasteiger partial charge in [-0.1, -0.05) is 17.3 Å². The number of alkyl halides is 3. The highest BCUT2D eigenvalue weighted by Crippen LogP contribution is 2.35. The predicted octanol–water partition coefficient (Wildman–Crippen LogP) is 3.44. The van der Waals surface area contributed by atoms with E-state index in [2.05, 4.69) is 10.5 Å². The van der Waals surface area contributed by atoms with E-state index in [0.29, 0.717) is 17.0 Å². The Hall–Kier alpha value is -2.51. The van der Waals surface area contributed by atoms with Gasteiger partial charge in [-0.05, 0) is 32.9 Å². The summed E-state index contributed by atoms with van der Waals surface area (Å²) in [6.07, 6.45) is -4.41. The lowest BCUT2D eigenvalue weighted by Crippen LogP contribution is -2.38. The Morgan fingerprint density at radius 3 is 2.60 bits per heavy atom. The normalized spacial score (nSPS) is 12.7. The van der Waals surface area contributed by atoms with Gasteiger partial charge in [0, 0.05) is 5.56 Å². The van der Waals surface area contributed by atoms with Gasteiger partial charge in [-0.2, -0.15) is 13.2 Å². The molecule has 1 amide bonds. The summed E-state index contributed by atoms with van der Waals surface area (Å²) < 4.78 is 49.0. The summed E-state index contributed by atoms with van der Waals surface area (Å²) in [5.41, 5.74) is 0.493. The Morgan fingerprint density at radius 1 is 1.32 bits per heavy atom. The van der Waals surface area contributed by atoms with Crippen molar-refractivity contribution < 1.29 is 27.2 Å². The minimum absolute atomic E-state index is 0.0829. The maximum atomic E-state index is 12.9. The Labute approximate surface area is 143 Å². The fourth-order valence-corrected chi connectivity index (χ4v) is 2.32. The highest BCUT2D eigenvalue weighted by molar-refractivity contribution is 5.79. The van der Waals surface area contributed by atoms with Gasteiger partial charge in [0.1, 0.15) is 18.1 Å². The summed E-state index contributed by atoms with van der Waals surface area (Å²) in [4.78, 5) is 12.0. The zero-order valence-electron chi connectivity index (χ0n) is 14.1. The Bertz CT molecular complexity index is 721. The van der Waals surface area contributed by atoms with Gasteiger partial charge in [0.15, 0.2) is 0 Å². The summed E-state index contributed by atoms with van der Waals surface area (Å²) in [7, 11) is 0. The van der Waals surface area contributed by atoms with Gasteiger partial charge in [-0.3, -0.25) is 4.79 Å². The van der Waals surface area contributed by atoms with Crippen LogP contribution in [0.15, 0.2) is 28.8 Å². The third-order valence-corrected chi connectivity index (χ3v) is 3.61. The maximum absolute atomic E-state index is 12.9. The summed E-state index contributed by atoms with van der Waals surface area (Å²) in [5, 5.41) is 6.46. The lowest BCUT2D eigenvalue weighted by molar-refractivity contribution is -0.139. The van der Waals surface area contributed by atoms with E-state index in [1.54, 1.807) is 20.8 Å². The highest BCUT2D eigenvalue weighted by Gasteiger charge is 2.34. The second-order valence-electron chi connectivity index (χ2n) is 5.75. The molecule has 0 fully saturated rings. The molecule has 0 saturated heterocycles. The van der Waals surface area contributed by atoms with Crippen molar-refractivity contribution in [1.29, 1.82) is 0 Å². The molecule has 1 unspecified atom stereocenters. The lowest BCUT2D eigenvalue weighted by atomic mass is 10.1. The van der Waals surface area contributed by atoms with Gasteiger partial charge in [0.05, 0.1) is 23.7 Å². The molecule has 136 valence electrons. The van der Waals surface area contributed by atoms with E-state index in [1.807, 2.05) is 0 Å². The molecule has 25 heavy (non-hydrogen) atoms. The molecular weight excluding hydrogens is 337 g/mol. The average molecular weight is 356 g/mol. The van der Waals surface area contributed by atoms with Crippen LogP contribution in [-0.4, -0.2) is 23.7 Å². The van der Waals surface area contributed by atoms with Crippen molar-refractivity contribution in [1.82, 2.24) is 10.5 Å². The number of nitrogens with zero attached hydrogens (tertiary/aromatic N) is 1. The van der Waals surface area contributed by atoms with Gasteiger partial charge >= 0.3 is 6.18 Å². The van der Waals surface area contributed by atoms with Crippen LogP contribution >= 0.6 is 0 Å². The van der Waals surface area contributed by atoms with E-state index in [4.69, 9.17) is 9.26 Å². The molecule has 0 radical (unpaired) electrons. The largest absolute Gasteiger partial charge is 0.491 e. The highest BCUT2D eigenvalue weighted by atomic mass is 19.4. The monoisotopic (exact) mass is 356 g/mol. The predicted molar refractivity (Wildman–Crippen MR) is 84.2 cm³/mol. The smallest absolute Gasteiger partial charge is 0.419 e. The Balaban J connectivity index is 1.91. The standard InChI is InChI=1S/C17H19F3N2O3/c1-10(21-16(23)8-13-11(2)22-25-12(13)3)9-24-15-7-5-4-6-14(15)17(18,19)20/h4-7,10H,8-9H2,1-3H3,(H,21,23). The molecule has 8 heteroatoms. The molecular formula is C17H19F3N2O3. The Morgan fingerprint density at radius 2 is 2.00 bits per heavy atom. The van der Waals surface area contributed by atoms with Gasteiger partial charge < -0.3 is 14.6 Å². The van der Waals surface area contributed by atoms with E-state index < -0.39 is 17.8 Å². The molecule has 1 heterocycles. The number of ether oxygens (including phenoxy) is 1. The number of aromatic nitrogens is 1. The van der Waals surface area contributed by atoms with Gasteiger partial charge in [0.25, 0.3) is 0 Å². The SMILES string of the molecule is Cc1noc(C)c1CC(=O)NC(C)COc1ccccc1C(F)(F)F. The number of amides is 1. The number of halogens is 3. The lowest BCUT2D eigenvalue weighted by Gasteiger charge is -2.18. The number of carbonyl (C=O) groups is 1. The number of hydrogen-bond donors (Lipinski definition) is 1. The number of carbonyl (C=O) groups excluding carboxylic acids is 1. The Kier molecular flexibility index (Phi) is 5.71. The van der Waals surface area contributed by atoms with Crippen LogP contribution < -0.4 is 10.1 Å². The molecule has 1 N–H and O–H groups in total. The van der Waals surface area contributed by atoms with Crippen LogP contribution in [0.2, 0.25) is 0 Å². The topological polar surface area (TPSA) is 64.4 Å². The molecule has 0 aliphatic rings. The summed E-state index contributed by atoms with van der Waals surface area (Å²) in [6.45, 7) is 5.02. The average Bonchev–Trinajstić information content (AvgIpc) is 2.84. The number of para-hydroxylation sites is 1. The number of hydrogen-bond acceptors (Lipinski definition) is 4. The van der Waals surface area contributed by atoms with E-state index in [-0.39, 0.29) is 24.7 Å². The number of benzene rings is 1. The molecule has 0 spiro atoms. The second-order valence-corrected chi connectivity index (χ2v) is 5.75. The van der Waals surface area contributed by atoms with Crippen LogP contribution in [0.5, 0.6) is 5.75 Å².